The van der Waals surface area contributed by atoms with Crippen LogP contribution in [0.5, 0.6) is 0 Å². The molecule has 5 aromatic rings. The summed E-state index contributed by atoms with van der Waals surface area (Å²) in [6.45, 7) is 5.45. The van der Waals surface area contributed by atoms with Crippen LogP contribution in [0.25, 0.3) is 22.4 Å². The second-order valence-electron chi connectivity index (χ2n) is 9.54. The van der Waals surface area contributed by atoms with Gasteiger partial charge in [0, 0.05) is 30.7 Å². The van der Waals surface area contributed by atoms with Crippen LogP contribution in [0.4, 0.5) is 19.5 Å². The second kappa shape index (κ2) is 10.8. The van der Waals surface area contributed by atoms with E-state index in [1.807, 2.05) is 0 Å². The molecule has 0 saturated carbocycles. The first kappa shape index (κ1) is 26.3. The van der Waals surface area contributed by atoms with E-state index < -0.39 is 23.6 Å². The van der Waals surface area contributed by atoms with E-state index in [1.54, 1.807) is 63.5 Å². The number of anilines is 1. The Morgan fingerprint density at radius 1 is 0.975 bits per heavy atom. The van der Waals surface area contributed by atoms with Crippen molar-refractivity contribution < 1.29 is 18.3 Å². The quantitative estimate of drug-likeness (QED) is 0.254. The highest BCUT2D eigenvalue weighted by Crippen LogP contribution is 2.21. The summed E-state index contributed by atoms with van der Waals surface area (Å²) in [6.07, 6.45) is 3.72. The van der Waals surface area contributed by atoms with Crippen LogP contribution < -0.4 is 5.32 Å². The van der Waals surface area contributed by atoms with Gasteiger partial charge >= 0.3 is 6.09 Å². The maximum absolute atomic E-state index is 14.5. The smallest absolute Gasteiger partial charge is 0.435 e. The molecule has 0 saturated heterocycles. The maximum Gasteiger partial charge on any atom is 0.435 e. The average Bonchev–Trinajstić information content (AvgIpc) is 3.26. The summed E-state index contributed by atoms with van der Waals surface area (Å²) in [6, 6.07) is 11.0. The molecule has 0 aliphatic rings. The molecule has 40 heavy (non-hydrogen) atoms. The van der Waals surface area contributed by atoms with Crippen LogP contribution in [-0.2, 0) is 11.3 Å². The minimum atomic E-state index is -0.809. The van der Waals surface area contributed by atoms with Gasteiger partial charge in [-0.15, -0.1) is 5.10 Å². The molecule has 4 aromatic heterocycles. The number of hydrogen-bond donors (Lipinski definition) is 1. The van der Waals surface area contributed by atoms with Crippen LogP contribution in [0.1, 0.15) is 37.6 Å². The van der Waals surface area contributed by atoms with Crippen LogP contribution in [0.2, 0.25) is 0 Å². The van der Waals surface area contributed by atoms with Crippen molar-refractivity contribution in [2.45, 2.75) is 32.9 Å². The molecule has 0 aliphatic carbocycles. The Bertz CT molecular complexity index is 1790. The highest BCUT2D eigenvalue weighted by molar-refractivity contribution is 5.89. The van der Waals surface area contributed by atoms with Gasteiger partial charge in [-0.1, -0.05) is 5.92 Å². The van der Waals surface area contributed by atoms with Gasteiger partial charge in [0.1, 0.15) is 17.0 Å². The van der Waals surface area contributed by atoms with E-state index in [9.17, 15) is 13.6 Å². The van der Waals surface area contributed by atoms with Gasteiger partial charge in [-0.2, -0.15) is 13.5 Å². The van der Waals surface area contributed by atoms with Gasteiger partial charge in [-0.05, 0) is 74.7 Å². The summed E-state index contributed by atoms with van der Waals surface area (Å²) in [4.78, 5) is 33.3. The van der Waals surface area contributed by atoms with Crippen molar-refractivity contribution in [2.75, 3.05) is 5.32 Å². The number of benzene rings is 1. The first-order valence-electron chi connectivity index (χ1n) is 12.1. The van der Waals surface area contributed by atoms with E-state index in [1.165, 1.54) is 18.3 Å². The van der Waals surface area contributed by atoms with Crippen molar-refractivity contribution in [3.63, 3.8) is 0 Å². The molecule has 12 heteroatoms. The summed E-state index contributed by atoms with van der Waals surface area (Å²) in [5, 5.41) is 6.86. The number of halogens is 2. The number of carbonyl (C=O) groups excluding carboxylic acids is 1. The topological polar surface area (TPSA) is 121 Å². The Kier molecular flexibility index (Phi) is 7.11. The monoisotopic (exact) mass is 540 g/mol. The summed E-state index contributed by atoms with van der Waals surface area (Å²) in [5.74, 6) is 5.15. The van der Waals surface area contributed by atoms with Crippen molar-refractivity contribution in [1.29, 1.82) is 0 Å². The van der Waals surface area contributed by atoms with Crippen LogP contribution >= 0.6 is 0 Å². The third kappa shape index (κ3) is 6.21. The molecule has 1 N–H and O–H groups in total. The predicted octanol–water partition coefficient (Wildman–Crippen LogP) is 4.75. The maximum atomic E-state index is 14.5. The SMILES string of the molecule is CC(C)(C)OC(=O)n1nc(F)c2cc(C#Cc3ccnc(-c4ccnc(NCc5ccnc(F)c5)n4)n3)ccc21. The van der Waals surface area contributed by atoms with Crippen molar-refractivity contribution in [2.24, 2.45) is 0 Å². The molecular formula is C28H22F2N8O2. The number of hydrogen-bond acceptors (Lipinski definition) is 9. The molecule has 0 amide bonds. The third-order valence-electron chi connectivity index (χ3n) is 5.32. The average molecular weight is 541 g/mol. The summed E-state index contributed by atoms with van der Waals surface area (Å²) >= 11 is 0. The molecule has 0 radical (unpaired) electrons. The second-order valence-corrected chi connectivity index (χ2v) is 9.54. The predicted molar refractivity (Wildman–Crippen MR) is 142 cm³/mol. The lowest BCUT2D eigenvalue weighted by atomic mass is 10.1. The Hall–Kier alpha value is -5.31. The zero-order chi connectivity index (χ0) is 28.3. The Morgan fingerprint density at radius 3 is 2.58 bits per heavy atom. The van der Waals surface area contributed by atoms with Crippen molar-refractivity contribution in [3.8, 4) is 23.4 Å². The van der Waals surface area contributed by atoms with Crippen molar-refractivity contribution in [1.82, 2.24) is 34.7 Å². The van der Waals surface area contributed by atoms with Gasteiger partial charge in [-0.25, -0.2) is 29.7 Å². The van der Waals surface area contributed by atoms with Crippen molar-refractivity contribution >= 4 is 22.9 Å². The Balaban J connectivity index is 1.34. The third-order valence-corrected chi connectivity index (χ3v) is 5.32. The number of fused-ring (bicyclic) bond motifs is 1. The van der Waals surface area contributed by atoms with E-state index in [-0.39, 0.29) is 10.9 Å². The minimum Gasteiger partial charge on any atom is -0.442 e. The standard InChI is InChI=1S/C28H22F2N8O2/c1-28(2,3)40-27(39)38-22-7-5-17(14-20(22)24(30)37-38)4-6-19-9-12-32-25(35-19)21-10-13-33-26(36-21)34-16-18-8-11-31-23(29)15-18/h5,7-15H,16H2,1-3H3,(H,33,34,36). The Morgan fingerprint density at radius 2 is 1.77 bits per heavy atom. The number of rotatable bonds is 4. The molecule has 0 fully saturated rings. The van der Waals surface area contributed by atoms with Gasteiger partial charge < -0.3 is 10.1 Å². The largest absolute Gasteiger partial charge is 0.442 e. The number of carbonyl (C=O) groups is 1. The first-order chi connectivity index (χ1) is 19.1. The van der Waals surface area contributed by atoms with Gasteiger partial charge in [0.05, 0.1) is 10.9 Å². The zero-order valence-corrected chi connectivity index (χ0v) is 21.7. The van der Waals surface area contributed by atoms with Gasteiger partial charge in [-0.3, -0.25) is 0 Å². The van der Waals surface area contributed by atoms with Gasteiger partial charge in [0.2, 0.25) is 17.8 Å². The lowest BCUT2D eigenvalue weighted by Crippen LogP contribution is -2.27. The molecule has 0 unspecified atom stereocenters. The number of ether oxygens (including phenoxy) is 1. The number of pyridine rings is 1. The summed E-state index contributed by atoms with van der Waals surface area (Å²) in [7, 11) is 0. The molecule has 5 rings (SSSR count). The van der Waals surface area contributed by atoms with E-state index in [2.05, 4.69) is 47.2 Å². The fourth-order valence-electron chi connectivity index (χ4n) is 3.59. The summed E-state index contributed by atoms with van der Waals surface area (Å²) in [5.41, 5.74) is 1.57. The molecule has 0 bridgehead atoms. The molecule has 0 atom stereocenters. The fraction of sp³-hybridized carbons (Fsp3) is 0.179. The van der Waals surface area contributed by atoms with E-state index in [0.29, 0.717) is 40.8 Å². The first-order valence-corrected chi connectivity index (χ1v) is 12.1. The molecule has 200 valence electrons. The molecule has 0 spiro atoms. The van der Waals surface area contributed by atoms with Crippen LogP contribution in [0.15, 0.2) is 61.1 Å². The molecule has 0 aliphatic heterocycles. The Labute approximate surface area is 227 Å². The molecular weight excluding hydrogens is 518 g/mol. The van der Waals surface area contributed by atoms with E-state index in [4.69, 9.17) is 4.74 Å². The molecule has 1 aromatic carbocycles. The number of nitrogens with one attached hydrogen (secondary N) is 1. The molecule has 4 heterocycles. The highest BCUT2D eigenvalue weighted by atomic mass is 19.1. The number of aromatic nitrogens is 7. The van der Waals surface area contributed by atoms with Gasteiger partial charge in [0.25, 0.3) is 0 Å². The van der Waals surface area contributed by atoms with Crippen LogP contribution in [0.3, 0.4) is 0 Å². The lowest BCUT2D eigenvalue weighted by Gasteiger charge is -2.19. The van der Waals surface area contributed by atoms with Crippen molar-refractivity contribution in [3.05, 3.63) is 89.8 Å². The minimum absolute atomic E-state index is 0.136. The van der Waals surface area contributed by atoms with E-state index in [0.717, 1.165) is 4.68 Å². The highest BCUT2D eigenvalue weighted by Gasteiger charge is 2.22. The van der Waals surface area contributed by atoms with Crippen LogP contribution in [-0.4, -0.2) is 46.4 Å². The molecule has 10 nitrogen and oxygen atoms in total. The van der Waals surface area contributed by atoms with E-state index >= 15 is 0 Å². The summed E-state index contributed by atoms with van der Waals surface area (Å²) < 4.78 is 34.0. The fourth-order valence-corrected chi connectivity index (χ4v) is 3.59. The normalized spacial score (nSPS) is 11.1. The zero-order valence-electron chi connectivity index (χ0n) is 21.7. The number of nitrogens with zero attached hydrogens (tertiary/aromatic N) is 7. The lowest BCUT2D eigenvalue weighted by molar-refractivity contribution is 0.0519. The van der Waals surface area contributed by atoms with Crippen LogP contribution in [0, 0.1) is 23.7 Å². The van der Waals surface area contributed by atoms with Gasteiger partial charge in [0.15, 0.2) is 5.82 Å².